The summed E-state index contributed by atoms with van der Waals surface area (Å²) in [4.78, 5) is 12.2. The van der Waals surface area contributed by atoms with Gasteiger partial charge in [0, 0.05) is 5.69 Å². The molecule has 21 heavy (non-hydrogen) atoms. The van der Waals surface area contributed by atoms with Gasteiger partial charge < -0.3 is 15.1 Å². The van der Waals surface area contributed by atoms with Crippen LogP contribution >= 0.6 is 0 Å². The van der Waals surface area contributed by atoms with Crippen molar-refractivity contribution in [3.8, 4) is 0 Å². The summed E-state index contributed by atoms with van der Waals surface area (Å²) in [7, 11) is 0. The third-order valence-corrected chi connectivity index (χ3v) is 3.51. The molecule has 1 atom stereocenters. The van der Waals surface area contributed by atoms with E-state index in [1.54, 1.807) is 0 Å². The molecular weight excluding hydrogens is 264 g/mol. The highest BCUT2D eigenvalue weighted by atomic mass is 16.3. The van der Waals surface area contributed by atoms with Gasteiger partial charge in [-0.05, 0) is 50.5 Å². The predicted molar refractivity (Wildman–Crippen MR) is 84.6 cm³/mol. The van der Waals surface area contributed by atoms with Crippen LogP contribution in [0.1, 0.15) is 42.5 Å². The Morgan fingerprint density at radius 1 is 1.24 bits per heavy atom. The molecule has 0 aliphatic heterocycles. The molecule has 0 aliphatic carbocycles. The van der Waals surface area contributed by atoms with E-state index in [1.165, 1.54) is 0 Å². The molecule has 0 saturated heterocycles. The molecule has 0 radical (unpaired) electrons. The lowest BCUT2D eigenvalue weighted by atomic mass is 10.1. The van der Waals surface area contributed by atoms with Gasteiger partial charge in [-0.2, -0.15) is 0 Å². The number of hydrogen-bond acceptors (Lipinski definition) is 2. The van der Waals surface area contributed by atoms with E-state index < -0.39 is 0 Å². The van der Waals surface area contributed by atoms with Gasteiger partial charge in [0.15, 0.2) is 0 Å². The Morgan fingerprint density at radius 2 is 2.00 bits per heavy atom. The summed E-state index contributed by atoms with van der Waals surface area (Å²) in [5.41, 5.74) is 3.08. The first-order valence-corrected chi connectivity index (χ1v) is 7.23. The lowest BCUT2D eigenvalue weighted by Gasteiger charge is -2.16. The first-order chi connectivity index (χ1) is 10.0. The molecule has 0 bridgehead atoms. The molecule has 4 heteroatoms. The van der Waals surface area contributed by atoms with Gasteiger partial charge in [-0.3, -0.25) is 0 Å². The Hall–Kier alpha value is -2.23. The minimum absolute atomic E-state index is 0.173. The van der Waals surface area contributed by atoms with E-state index in [9.17, 15) is 4.79 Å². The number of amides is 2. The highest BCUT2D eigenvalue weighted by molar-refractivity contribution is 5.91. The van der Waals surface area contributed by atoms with Crippen molar-refractivity contribution in [2.24, 2.45) is 0 Å². The fraction of sp³-hybridized carbons (Fsp3) is 0.353. The Kier molecular flexibility index (Phi) is 4.68. The summed E-state index contributed by atoms with van der Waals surface area (Å²) in [6, 6.07) is 9.41. The molecule has 1 aromatic heterocycles. The van der Waals surface area contributed by atoms with Gasteiger partial charge in [0.2, 0.25) is 0 Å². The minimum Gasteiger partial charge on any atom is -0.464 e. The summed E-state index contributed by atoms with van der Waals surface area (Å²) >= 11 is 0. The maximum atomic E-state index is 12.2. The second kappa shape index (κ2) is 6.48. The molecule has 0 fully saturated rings. The van der Waals surface area contributed by atoms with Crippen LogP contribution in [0.2, 0.25) is 0 Å². The maximum Gasteiger partial charge on any atom is 0.319 e. The van der Waals surface area contributed by atoms with Crippen molar-refractivity contribution in [3.63, 3.8) is 0 Å². The third-order valence-electron chi connectivity index (χ3n) is 3.51. The zero-order chi connectivity index (χ0) is 15.4. The number of nitrogens with one attached hydrogen (secondary N) is 2. The molecule has 2 rings (SSSR count). The molecule has 2 N–H and O–H groups in total. The standard InChI is InChI=1S/C17H22N2O2/c1-5-14-8-6-7-11(2)16(14)19-17(20)18-13(4)15-10-9-12(3)21-15/h6-10,13H,5H2,1-4H3,(H2,18,19,20)/t13-/m0/s1. The number of hydrogen-bond donors (Lipinski definition) is 2. The van der Waals surface area contributed by atoms with Crippen LogP contribution in [0.15, 0.2) is 34.7 Å². The number of carbonyl (C=O) groups is 1. The average molecular weight is 286 g/mol. The predicted octanol–water partition coefficient (Wildman–Crippen LogP) is 4.34. The van der Waals surface area contributed by atoms with Crippen molar-refractivity contribution >= 4 is 11.7 Å². The van der Waals surface area contributed by atoms with E-state index in [0.717, 1.165) is 34.8 Å². The van der Waals surface area contributed by atoms with E-state index in [-0.39, 0.29) is 12.1 Å². The molecule has 0 saturated carbocycles. The van der Waals surface area contributed by atoms with Crippen molar-refractivity contribution < 1.29 is 9.21 Å². The van der Waals surface area contributed by atoms with E-state index in [0.29, 0.717) is 0 Å². The van der Waals surface area contributed by atoms with E-state index in [4.69, 9.17) is 4.42 Å². The number of benzene rings is 1. The molecule has 0 unspecified atom stereocenters. The highest BCUT2D eigenvalue weighted by Gasteiger charge is 2.14. The number of carbonyl (C=O) groups excluding carboxylic acids is 1. The van der Waals surface area contributed by atoms with Crippen molar-refractivity contribution in [2.75, 3.05) is 5.32 Å². The van der Waals surface area contributed by atoms with Crippen LogP contribution in [0.25, 0.3) is 0 Å². The molecule has 1 heterocycles. The highest BCUT2D eigenvalue weighted by Crippen LogP contribution is 2.21. The Bertz CT molecular complexity index is 631. The van der Waals surface area contributed by atoms with Gasteiger partial charge in [0.1, 0.15) is 11.5 Å². The van der Waals surface area contributed by atoms with E-state index in [1.807, 2.05) is 51.1 Å². The average Bonchev–Trinajstić information content (AvgIpc) is 2.87. The zero-order valence-electron chi connectivity index (χ0n) is 13.0. The Labute approximate surface area is 125 Å². The van der Waals surface area contributed by atoms with Crippen LogP contribution in [0.3, 0.4) is 0 Å². The van der Waals surface area contributed by atoms with Gasteiger partial charge in [-0.25, -0.2) is 4.79 Å². The number of urea groups is 1. The Balaban J connectivity index is 2.05. The maximum absolute atomic E-state index is 12.2. The molecule has 2 aromatic rings. The van der Waals surface area contributed by atoms with Crippen LogP contribution in [-0.2, 0) is 6.42 Å². The second-order valence-electron chi connectivity index (χ2n) is 5.23. The van der Waals surface area contributed by atoms with Crippen molar-refractivity contribution in [3.05, 3.63) is 53.0 Å². The second-order valence-corrected chi connectivity index (χ2v) is 5.23. The van der Waals surface area contributed by atoms with Gasteiger partial charge in [0.05, 0.1) is 6.04 Å². The molecule has 2 amide bonds. The van der Waals surface area contributed by atoms with Crippen LogP contribution in [-0.4, -0.2) is 6.03 Å². The fourth-order valence-corrected chi connectivity index (χ4v) is 2.31. The zero-order valence-corrected chi connectivity index (χ0v) is 13.0. The summed E-state index contributed by atoms with van der Waals surface area (Å²) in [6.07, 6.45) is 0.879. The van der Waals surface area contributed by atoms with Gasteiger partial charge >= 0.3 is 6.03 Å². The normalized spacial score (nSPS) is 12.0. The molecule has 1 aromatic carbocycles. The smallest absolute Gasteiger partial charge is 0.319 e. The molecule has 0 aliphatic rings. The molecule has 4 nitrogen and oxygen atoms in total. The number of furan rings is 1. The first-order valence-electron chi connectivity index (χ1n) is 7.23. The lowest BCUT2D eigenvalue weighted by molar-refractivity contribution is 0.247. The quantitative estimate of drug-likeness (QED) is 0.878. The summed E-state index contributed by atoms with van der Waals surface area (Å²) in [5, 5.41) is 5.84. The molecule has 0 spiro atoms. The summed E-state index contributed by atoms with van der Waals surface area (Å²) in [6.45, 7) is 7.85. The van der Waals surface area contributed by atoms with Gasteiger partial charge in [0.25, 0.3) is 0 Å². The van der Waals surface area contributed by atoms with Crippen LogP contribution < -0.4 is 10.6 Å². The minimum atomic E-state index is -0.222. The summed E-state index contributed by atoms with van der Waals surface area (Å²) < 4.78 is 5.52. The number of aryl methyl sites for hydroxylation is 3. The van der Waals surface area contributed by atoms with Crippen LogP contribution in [0.5, 0.6) is 0 Å². The summed E-state index contributed by atoms with van der Waals surface area (Å²) in [5.74, 6) is 1.59. The van der Waals surface area contributed by atoms with Crippen molar-refractivity contribution in [2.45, 2.75) is 40.2 Å². The largest absolute Gasteiger partial charge is 0.464 e. The van der Waals surface area contributed by atoms with Gasteiger partial charge in [-0.1, -0.05) is 25.1 Å². The van der Waals surface area contributed by atoms with Gasteiger partial charge in [-0.15, -0.1) is 0 Å². The van der Waals surface area contributed by atoms with Crippen LogP contribution in [0.4, 0.5) is 10.5 Å². The fourth-order valence-electron chi connectivity index (χ4n) is 2.31. The number of anilines is 1. The molecule has 112 valence electrons. The van der Waals surface area contributed by atoms with E-state index in [2.05, 4.69) is 17.6 Å². The third kappa shape index (κ3) is 3.66. The van der Waals surface area contributed by atoms with Crippen molar-refractivity contribution in [1.29, 1.82) is 0 Å². The SMILES string of the molecule is CCc1cccc(C)c1NC(=O)N[C@@H](C)c1ccc(C)o1. The van der Waals surface area contributed by atoms with Crippen molar-refractivity contribution in [1.82, 2.24) is 5.32 Å². The Morgan fingerprint density at radius 3 is 2.62 bits per heavy atom. The first kappa shape index (κ1) is 15.2. The van der Waals surface area contributed by atoms with E-state index >= 15 is 0 Å². The number of rotatable bonds is 4. The number of para-hydroxylation sites is 1. The lowest BCUT2D eigenvalue weighted by Crippen LogP contribution is -2.31. The molecular formula is C17H22N2O2. The topological polar surface area (TPSA) is 54.3 Å². The van der Waals surface area contributed by atoms with Crippen LogP contribution in [0, 0.1) is 13.8 Å². The monoisotopic (exact) mass is 286 g/mol.